The van der Waals surface area contributed by atoms with Crippen LogP contribution in [0.25, 0.3) is 0 Å². The quantitative estimate of drug-likeness (QED) is 0.420. The fourth-order valence-electron chi connectivity index (χ4n) is 1.92. The summed E-state index contributed by atoms with van der Waals surface area (Å²) in [5.41, 5.74) is 0.397. The molecule has 0 saturated carbocycles. The zero-order chi connectivity index (χ0) is 13.0. The number of hydrogen-bond acceptors (Lipinski definition) is 3. The van der Waals surface area contributed by atoms with Crippen LogP contribution in [0.15, 0.2) is 60.7 Å². The zero-order valence-corrected chi connectivity index (χ0v) is 12.6. The molecule has 0 aromatic heterocycles. The van der Waals surface area contributed by atoms with E-state index >= 15 is 0 Å². The number of hydrogen-bond donors (Lipinski definition) is 0. The molecule has 6 heteroatoms. The molecule has 0 aliphatic carbocycles. The van der Waals surface area contributed by atoms with Crippen molar-refractivity contribution in [3.8, 4) is 0 Å². The summed E-state index contributed by atoms with van der Waals surface area (Å²) in [6.45, 7) is 0. The third-order valence-electron chi connectivity index (χ3n) is 2.84. The van der Waals surface area contributed by atoms with Crippen LogP contribution < -0.4 is 47.5 Å². The van der Waals surface area contributed by atoms with Crippen LogP contribution >= 0.6 is 7.60 Å². The average Bonchev–Trinajstić information content (AvgIpc) is 2.37. The van der Waals surface area contributed by atoms with Crippen LogP contribution in [0.3, 0.4) is 0 Å². The molecule has 2 aromatic rings. The number of benzene rings is 2. The Morgan fingerprint density at radius 3 is 1.75 bits per heavy atom. The molecule has 0 amide bonds. The van der Waals surface area contributed by atoms with Gasteiger partial charge < -0.3 is 14.4 Å². The van der Waals surface area contributed by atoms with E-state index in [-0.39, 0.29) is 44.1 Å². The largest absolute Gasteiger partial charge is 1.00 e. The van der Waals surface area contributed by atoms with Gasteiger partial charge in [-0.3, -0.25) is 0 Å². The van der Waals surface area contributed by atoms with E-state index in [1.807, 2.05) is 30.3 Å². The van der Waals surface area contributed by atoms with E-state index in [0.29, 0.717) is 5.56 Å². The summed E-state index contributed by atoms with van der Waals surface area (Å²) in [5.74, 6) is 0. The van der Waals surface area contributed by atoms with Gasteiger partial charge in [0.05, 0.1) is 0 Å². The van der Waals surface area contributed by atoms with E-state index in [4.69, 9.17) is 0 Å². The molecule has 2 rings (SSSR count). The van der Waals surface area contributed by atoms with Gasteiger partial charge in [-0.2, -0.15) is 0 Å². The Morgan fingerprint density at radius 1 is 0.850 bits per heavy atom. The smallest absolute Gasteiger partial charge is 0.810 e. The van der Waals surface area contributed by atoms with Gasteiger partial charge >= 0.3 is 37.7 Å². The monoisotopic (exact) mass is 274 g/mol. The Labute approximate surface area is 143 Å². The second-order valence-electron chi connectivity index (χ2n) is 4.16. The molecule has 0 aliphatic heterocycles. The summed E-state index contributed by atoms with van der Waals surface area (Å²) in [6, 6.07) is 17.8. The second-order valence-corrected chi connectivity index (χ2v) is 5.86. The molecule has 0 heterocycles. The molecule has 0 fully saturated rings. The standard InChI is InChI=1S/C14H15O3P.2Li/c15-18(16,17)14(13-9-5-2-6-10-13)11-12-7-3-1-4-8-12;;/h1-10,14H,11H2,(H2,15,16,17);;/q;2*+1/p-2. The molecule has 1 unspecified atom stereocenters. The molecule has 0 saturated heterocycles. The van der Waals surface area contributed by atoms with E-state index in [1.165, 1.54) is 0 Å². The van der Waals surface area contributed by atoms with Crippen molar-refractivity contribution in [1.29, 1.82) is 0 Å². The van der Waals surface area contributed by atoms with Crippen molar-refractivity contribution in [3.63, 3.8) is 0 Å². The topological polar surface area (TPSA) is 63.2 Å². The van der Waals surface area contributed by atoms with Crippen LogP contribution in [0, 0.1) is 0 Å². The molecule has 2 aromatic carbocycles. The first-order chi connectivity index (χ1) is 8.57. The predicted molar refractivity (Wildman–Crippen MR) is 66.9 cm³/mol. The van der Waals surface area contributed by atoms with Crippen LogP contribution in [0.1, 0.15) is 16.8 Å². The normalized spacial score (nSPS) is 11.9. The van der Waals surface area contributed by atoms with Crippen molar-refractivity contribution < 1.29 is 52.1 Å². The minimum Gasteiger partial charge on any atom is -0.810 e. The first-order valence-corrected chi connectivity index (χ1v) is 7.29. The second kappa shape index (κ2) is 8.94. The van der Waals surface area contributed by atoms with Crippen molar-refractivity contribution >= 4 is 7.60 Å². The molecule has 1 atom stereocenters. The molecule has 20 heavy (non-hydrogen) atoms. The molecular formula is C14H13Li2O3P. The van der Waals surface area contributed by atoms with Gasteiger partial charge in [0.25, 0.3) is 0 Å². The van der Waals surface area contributed by atoms with Crippen molar-refractivity contribution in [2.45, 2.75) is 12.1 Å². The maximum absolute atomic E-state index is 11.4. The van der Waals surface area contributed by atoms with E-state index in [0.717, 1.165) is 5.56 Å². The Balaban J connectivity index is 0.00000180. The minimum atomic E-state index is -4.66. The third kappa shape index (κ3) is 5.65. The van der Waals surface area contributed by atoms with Crippen molar-refractivity contribution in [2.75, 3.05) is 0 Å². The van der Waals surface area contributed by atoms with E-state index in [1.54, 1.807) is 30.3 Å². The summed E-state index contributed by atoms with van der Waals surface area (Å²) < 4.78 is 11.4. The fourth-order valence-corrected chi connectivity index (χ4v) is 2.90. The summed E-state index contributed by atoms with van der Waals surface area (Å²) in [5, 5.41) is 0. The molecule has 0 radical (unpaired) electrons. The Kier molecular flexibility index (Phi) is 8.84. The van der Waals surface area contributed by atoms with Crippen molar-refractivity contribution in [3.05, 3.63) is 71.8 Å². The molecule has 94 valence electrons. The third-order valence-corrected chi connectivity index (χ3v) is 4.08. The van der Waals surface area contributed by atoms with E-state index in [9.17, 15) is 14.4 Å². The summed E-state index contributed by atoms with van der Waals surface area (Å²) in [4.78, 5) is 22.8. The first-order valence-electron chi connectivity index (χ1n) is 5.68. The fraction of sp³-hybridized carbons (Fsp3) is 0.143. The van der Waals surface area contributed by atoms with Crippen LogP contribution in [0.2, 0.25) is 0 Å². The van der Waals surface area contributed by atoms with Gasteiger partial charge in [0, 0.05) is 5.66 Å². The summed E-state index contributed by atoms with van der Waals surface area (Å²) in [7, 11) is -4.66. The molecule has 0 aliphatic rings. The molecule has 0 spiro atoms. The summed E-state index contributed by atoms with van der Waals surface area (Å²) in [6.07, 6.45) is 0.217. The molecule has 0 bridgehead atoms. The molecular weight excluding hydrogens is 261 g/mol. The van der Waals surface area contributed by atoms with Gasteiger partial charge in [0.15, 0.2) is 0 Å². The van der Waals surface area contributed by atoms with E-state index < -0.39 is 13.3 Å². The van der Waals surface area contributed by atoms with E-state index in [2.05, 4.69) is 0 Å². The molecule has 3 nitrogen and oxygen atoms in total. The SMILES string of the molecule is O=P([O-])([O-])C(Cc1ccccc1)c1ccccc1.[Li+].[Li+]. The Hall–Kier alpha value is -0.215. The van der Waals surface area contributed by atoms with Gasteiger partial charge in [-0.1, -0.05) is 68.3 Å². The van der Waals surface area contributed by atoms with Crippen molar-refractivity contribution in [1.82, 2.24) is 0 Å². The predicted octanol–water partition coefficient (Wildman–Crippen LogP) is -4.11. The Bertz CT molecular complexity index is 543. The van der Waals surface area contributed by atoms with Crippen LogP contribution in [0.5, 0.6) is 0 Å². The van der Waals surface area contributed by atoms with Crippen molar-refractivity contribution in [2.24, 2.45) is 0 Å². The maximum atomic E-state index is 11.4. The minimum absolute atomic E-state index is 0. The number of rotatable bonds is 4. The van der Waals surface area contributed by atoms with Crippen LogP contribution in [0.4, 0.5) is 0 Å². The van der Waals surface area contributed by atoms with Crippen LogP contribution in [-0.2, 0) is 11.0 Å². The van der Waals surface area contributed by atoms with Crippen LogP contribution in [-0.4, -0.2) is 0 Å². The van der Waals surface area contributed by atoms with Gasteiger partial charge in [-0.05, 0) is 17.5 Å². The summed E-state index contributed by atoms with van der Waals surface area (Å²) >= 11 is 0. The first kappa shape index (κ1) is 19.8. The van der Waals surface area contributed by atoms with Gasteiger partial charge in [-0.25, -0.2) is 0 Å². The van der Waals surface area contributed by atoms with Gasteiger partial charge in [-0.15, -0.1) is 0 Å². The maximum Gasteiger partial charge on any atom is 1.00 e. The average molecular weight is 274 g/mol. The Morgan fingerprint density at radius 2 is 1.30 bits per heavy atom. The van der Waals surface area contributed by atoms with Gasteiger partial charge in [0.2, 0.25) is 0 Å². The molecule has 0 N–H and O–H groups in total. The zero-order valence-electron chi connectivity index (χ0n) is 11.7. The van der Waals surface area contributed by atoms with Gasteiger partial charge in [0.1, 0.15) is 0 Å².